The highest BCUT2D eigenvalue weighted by molar-refractivity contribution is 7.15. The van der Waals surface area contributed by atoms with Gasteiger partial charge in [-0.3, -0.25) is 0 Å². The number of aryl methyl sites for hydroxylation is 1. The van der Waals surface area contributed by atoms with Crippen LogP contribution in [0.2, 0.25) is 0 Å². The molecule has 0 aliphatic rings. The lowest BCUT2D eigenvalue weighted by Crippen LogP contribution is -2.13. The number of aromatic nitrogens is 1. The first-order valence-electron chi connectivity index (χ1n) is 5.59. The Morgan fingerprint density at radius 1 is 1.28 bits per heavy atom. The minimum Gasteiger partial charge on any atom is -0.241 e. The van der Waals surface area contributed by atoms with Crippen LogP contribution in [0, 0.1) is 24.1 Å². The van der Waals surface area contributed by atoms with Gasteiger partial charge in [0.15, 0.2) is 0 Å². The van der Waals surface area contributed by atoms with Crippen molar-refractivity contribution in [2.24, 2.45) is 0 Å². The van der Waals surface area contributed by atoms with Crippen LogP contribution in [0.1, 0.15) is 24.4 Å². The van der Waals surface area contributed by atoms with Crippen LogP contribution in [0.15, 0.2) is 24.3 Å². The molecule has 18 heavy (non-hydrogen) atoms. The lowest BCUT2D eigenvalue weighted by Gasteiger charge is -2.12. The van der Waals surface area contributed by atoms with E-state index in [9.17, 15) is 4.39 Å². The molecule has 0 unspecified atom stereocenters. The highest BCUT2D eigenvalue weighted by Gasteiger charge is 2.26. The van der Waals surface area contributed by atoms with Crippen LogP contribution in [-0.2, 0) is 5.41 Å². The van der Waals surface area contributed by atoms with Crippen molar-refractivity contribution in [1.29, 1.82) is 5.26 Å². The summed E-state index contributed by atoms with van der Waals surface area (Å²) < 4.78 is 12.9. The molecule has 0 N–H and O–H groups in total. The molecule has 0 saturated heterocycles. The summed E-state index contributed by atoms with van der Waals surface area (Å²) >= 11 is 1.49. The zero-order valence-corrected chi connectivity index (χ0v) is 11.3. The van der Waals surface area contributed by atoms with Crippen molar-refractivity contribution >= 4 is 11.3 Å². The van der Waals surface area contributed by atoms with Gasteiger partial charge in [0, 0.05) is 10.4 Å². The molecule has 1 heterocycles. The quantitative estimate of drug-likeness (QED) is 0.816. The van der Waals surface area contributed by atoms with Crippen molar-refractivity contribution in [3.8, 4) is 16.6 Å². The molecule has 2 rings (SSSR count). The summed E-state index contributed by atoms with van der Waals surface area (Å²) in [4.78, 5) is 5.43. The van der Waals surface area contributed by atoms with Gasteiger partial charge < -0.3 is 0 Å². The fourth-order valence-corrected chi connectivity index (χ4v) is 2.87. The largest absolute Gasteiger partial charge is 0.241 e. The molecule has 1 aromatic heterocycles. The van der Waals surface area contributed by atoms with Gasteiger partial charge in [-0.05, 0) is 45.0 Å². The molecule has 0 aliphatic heterocycles. The Morgan fingerprint density at radius 2 is 1.89 bits per heavy atom. The Kier molecular flexibility index (Phi) is 3.18. The number of hydrogen-bond acceptors (Lipinski definition) is 3. The number of thiazole rings is 1. The van der Waals surface area contributed by atoms with Crippen LogP contribution in [-0.4, -0.2) is 4.98 Å². The second-order valence-corrected chi connectivity index (χ2v) is 5.68. The van der Waals surface area contributed by atoms with Gasteiger partial charge in [-0.15, -0.1) is 11.3 Å². The number of hydrogen-bond donors (Lipinski definition) is 0. The normalized spacial score (nSPS) is 11.3. The average Bonchev–Trinajstić information content (AvgIpc) is 2.73. The van der Waals surface area contributed by atoms with Crippen LogP contribution in [0.3, 0.4) is 0 Å². The number of nitriles is 1. The molecular weight excluding hydrogens is 247 g/mol. The molecule has 0 radical (unpaired) electrons. The fourth-order valence-electron chi connectivity index (χ4n) is 1.74. The van der Waals surface area contributed by atoms with Crippen molar-refractivity contribution in [3.05, 3.63) is 40.7 Å². The number of benzene rings is 1. The molecule has 4 heteroatoms. The molecule has 0 amide bonds. The maximum Gasteiger partial charge on any atom is 0.123 e. The van der Waals surface area contributed by atoms with Gasteiger partial charge in [-0.1, -0.05) is 0 Å². The smallest absolute Gasteiger partial charge is 0.123 e. The van der Waals surface area contributed by atoms with Crippen LogP contribution >= 0.6 is 11.3 Å². The molecule has 0 spiro atoms. The van der Waals surface area contributed by atoms with E-state index < -0.39 is 5.41 Å². The summed E-state index contributed by atoms with van der Waals surface area (Å²) in [7, 11) is 0. The Hall–Kier alpha value is -1.73. The van der Waals surface area contributed by atoms with Gasteiger partial charge in [0.05, 0.1) is 17.2 Å². The maximum atomic E-state index is 12.9. The zero-order valence-electron chi connectivity index (χ0n) is 10.5. The van der Waals surface area contributed by atoms with E-state index in [0.29, 0.717) is 0 Å². The maximum absolute atomic E-state index is 12.9. The highest BCUT2D eigenvalue weighted by atomic mass is 32.1. The topological polar surface area (TPSA) is 36.7 Å². The zero-order chi connectivity index (χ0) is 13.3. The number of rotatable bonds is 2. The van der Waals surface area contributed by atoms with E-state index in [-0.39, 0.29) is 5.82 Å². The highest BCUT2D eigenvalue weighted by Crippen LogP contribution is 2.35. The van der Waals surface area contributed by atoms with E-state index in [1.54, 1.807) is 12.1 Å². The third kappa shape index (κ3) is 2.27. The van der Waals surface area contributed by atoms with Crippen molar-refractivity contribution in [1.82, 2.24) is 4.98 Å². The Morgan fingerprint density at radius 3 is 2.44 bits per heavy atom. The predicted octanol–water partition coefficient (Wildman–Crippen LogP) is 4.06. The lowest BCUT2D eigenvalue weighted by atomic mass is 9.93. The molecule has 2 aromatic rings. The number of nitrogens with zero attached hydrogens (tertiary/aromatic N) is 2. The van der Waals surface area contributed by atoms with Gasteiger partial charge in [0.1, 0.15) is 10.8 Å². The van der Waals surface area contributed by atoms with Crippen molar-refractivity contribution in [3.63, 3.8) is 0 Å². The molecule has 1 aromatic carbocycles. The van der Waals surface area contributed by atoms with Gasteiger partial charge in [0.2, 0.25) is 0 Å². The molecule has 2 nitrogen and oxygen atoms in total. The standard InChI is InChI=1S/C14H13FN2S/c1-9-12(14(2,3)8-16)18-13(17-9)10-4-6-11(15)7-5-10/h4-7H,1-3H3. The first-order chi connectivity index (χ1) is 8.44. The molecular formula is C14H13FN2S. The predicted molar refractivity (Wildman–Crippen MR) is 70.9 cm³/mol. The van der Waals surface area contributed by atoms with Gasteiger partial charge in [-0.25, -0.2) is 9.37 Å². The Bertz CT molecular complexity index is 606. The second kappa shape index (κ2) is 4.51. The second-order valence-electron chi connectivity index (χ2n) is 4.68. The van der Waals surface area contributed by atoms with E-state index in [1.165, 1.54) is 23.5 Å². The fraction of sp³-hybridized carbons (Fsp3) is 0.286. The third-order valence-corrected chi connectivity index (χ3v) is 4.27. The minimum absolute atomic E-state index is 0.260. The lowest BCUT2D eigenvalue weighted by molar-refractivity contribution is 0.628. The Balaban J connectivity index is 2.47. The van der Waals surface area contributed by atoms with E-state index in [0.717, 1.165) is 21.1 Å². The first-order valence-corrected chi connectivity index (χ1v) is 6.41. The van der Waals surface area contributed by atoms with E-state index in [2.05, 4.69) is 11.1 Å². The summed E-state index contributed by atoms with van der Waals surface area (Å²) in [6.45, 7) is 5.65. The molecule has 92 valence electrons. The first kappa shape index (κ1) is 12.7. The van der Waals surface area contributed by atoms with E-state index >= 15 is 0 Å². The van der Waals surface area contributed by atoms with Crippen molar-refractivity contribution in [2.45, 2.75) is 26.2 Å². The monoisotopic (exact) mass is 260 g/mol. The summed E-state index contributed by atoms with van der Waals surface area (Å²) in [6.07, 6.45) is 0. The van der Waals surface area contributed by atoms with Gasteiger partial charge >= 0.3 is 0 Å². The summed E-state index contributed by atoms with van der Waals surface area (Å²) in [6, 6.07) is 8.53. The third-order valence-electron chi connectivity index (χ3n) is 2.73. The van der Waals surface area contributed by atoms with E-state index in [1.807, 2.05) is 20.8 Å². The Labute approximate surface area is 110 Å². The van der Waals surface area contributed by atoms with Crippen LogP contribution in [0.4, 0.5) is 4.39 Å². The molecule has 0 fully saturated rings. The SMILES string of the molecule is Cc1nc(-c2ccc(F)cc2)sc1C(C)(C)C#N. The van der Waals surface area contributed by atoms with Gasteiger partial charge in [-0.2, -0.15) is 5.26 Å². The molecule has 0 atom stereocenters. The molecule has 0 bridgehead atoms. The average molecular weight is 260 g/mol. The van der Waals surface area contributed by atoms with Gasteiger partial charge in [0.25, 0.3) is 0 Å². The van der Waals surface area contributed by atoms with E-state index in [4.69, 9.17) is 5.26 Å². The van der Waals surface area contributed by atoms with Crippen LogP contribution in [0.5, 0.6) is 0 Å². The van der Waals surface area contributed by atoms with Crippen molar-refractivity contribution in [2.75, 3.05) is 0 Å². The molecule has 0 saturated carbocycles. The van der Waals surface area contributed by atoms with Crippen molar-refractivity contribution < 1.29 is 4.39 Å². The summed E-state index contributed by atoms with van der Waals surface area (Å²) in [5.41, 5.74) is 1.20. The molecule has 0 aliphatic carbocycles. The van der Waals surface area contributed by atoms with Crippen LogP contribution < -0.4 is 0 Å². The van der Waals surface area contributed by atoms with Crippen LogP contribution in [0.25, 0.3) is 10.6 Å². The number of halogens is 1. The summed E-state index contributed by atoms with van der Waals surface area (Å²) in [5.74, 6) is -0.260. The summed E-state index contributed by atoms with van der Waals surface area (Å²) in [5, 5.41) is 9.99. The minimum atomic E-state index is -0.542.